The molecule has 0 saturated heterocycles. The average molecular weight is 288 g/mol. The molecule has 1 rings (SSSR count). The summed E-state index contributed by atoms with van der Waals surface area (Å²) in [5.74, 6) is -1.17. The fraction of sp³-hybridized carbons (Fsp3) is 0.300. The Balaban J connectivity index is 3.32. The van der Waals surface area contributed by atoms with Crippen molar-refractivity contribution in [2.75, 3.05) is 11.6 Å². The molecule has 104 valence electrons. The van der Waals surface area contributed by atoms with Crippen LogP contribution in [0.15, 0.2) is 23.1 Å². The van der Waals surface area contributed by atoms with Gasteiger partial charge in [0.25, 0.3) is 5.69 Å². The Labute approximate surface area is 109 Å². The fourth-order valence-corrected chi connectivity index (χ4v) is 2.21. The van der Waals surface area contributed by atoms with Gasteiger partial charge >= 0.3 is 5.97 Å². The number of carbonyl (C=O) groups is 1. The summed E-state index contributed by atoms with van der Waals surface area (Å²) < 4.78 is 23.1. The quantitative estimate of drug-likeness (QED) is 0.608. The molecule has 9 heteroatoms. The maximum atomic E-state index is 11.6. The summed E-state index contributed by atoms with van der Waals surface area (Å²) in [6.45, 7) is 1.33. The lowest BCUT2D eigenvalue weighted by Gasteiger charge is -2.13. The average Bonchev–Trinajstić information content (AvgIpc) is 2.27. The summed E-state index contributed by atoms with van der Waals surface area (Å²) >= 11 is 0. The molecule has 0 spiro atoms. The minimum absolute atomic E-state index is 0.0167. The van der Waals surface area contributed by atoms with Crippen molar-refractivity contribution in [1.82, 2.24) is 0 Å². The van der Waals surface area contributed by atoms with E-state index in [4.69, 9.17) is 5.11 Å². The number of rotatable bonds is 5. The van der Waals surface area contributed by atoms with Crippen molar-refractivity contribution in [2.45, 2.75) is 17.9 Å². The zero-order chi connectivity index (χ0) is 14.8. The number of nitro benzene ring substituents is 1. The number of anilines is 1. The number of hydrogen-bond donors (Lipinski definition) is 2. The standard InChI is InChI=1S/C10H12N2O6S/c1-6(10(13)14)11-8-4-3-7(12(15)16)5-9(8)19(2,17)18/h3-6,11H,1-2H3,(H,13,14)/t6-/m1/s1. The number of non-ortho nitro benzene ring substituents is 1. The summed E-state index contributed by atoms with van der Waals surface area (Å²) in [7, 11) is -3.72. The van der Waals surface area contributed by atoms with Crippen LogP contribution < -0.4 is 5.32 Å². The van der Waals surface area contributed by atoms with E-state index in [9.17, 15) is 23.3 Å². The fourth-order valence-electron chi connectivity index (χ4n) is 1.35. The van der Waals surface area contributed by atoms with E-state index in [2.05, 4.69) is 5.32 Å². The number of sulfone groups is 1. The molecule has 0 fully saturated rings. The van der Waals surface area contributed by atoms with E-state index in [1.807, 2.05) is 0 Å². The van der Waals surface area contributed by atoms with Crippen LogP contribution in [0.5, 0.6) is 0 Å². The third kappa shape index (κ3) is 3.65. The predicted molar refractivity (Wildman–Crippen MR) is 66.9 cm³/mol. The minimum Gasteiger partial charge on any atom is -0.480 e. The van der Waals surface area contributed by atoms with Crippen molar-refractivity contribution in [2.24, 2.45) is 0 Å². The van der Waals surface area contributed by atoms with Gasteiger partial charge in [0.15, 0.2) is 9.84 Å². The summed E-state index contributed by atoms with van der Waals surface area (Å²) in [5, 5.41) is 21.9. The molecule has 0 bridgehead atoms. The smallest absolute Gasteiger partial charge is 0.325 e. The van der Waals surface area contributed by atoms with Gasteiger partial charge in [-0.1, -0.05) is 0 Å². The SMILES string of the molecule is C[C@@H](Nc1ccc([N+](=O)[O-])cc1S(C)(=O)=O)C(=O)O. The molecule has 0 saturated carbocycles. The Hall–Kier alpha value is -2.16. The number of nitro groups is 1. The van der Waals surface area contributed by atoms with Gasteiger partial charge in [0.1, 0.15) is 6.04 Å². The van der Waals surface area contributed by atoms with Gasteiger partial charge in [-0.2, -0.15) is 0 Å². The topological polar surface area (TPSA) is 127 Å². The Morgan fingerprint density at radius 1 is 1.47 bits per heavy atom. The Morgan fingerprint density at radius 2 is 2.05 bits per heavy atom. The molecule has 0 unspecified atom stereocenters. The van der Waals surface area contributed by atoms with E-state index in [0.717, 1.165) is 18.4 Å². The van der Waals surface area contributed by atoms with Gasteiger partial charge < -0.3 is 10.4 Å². The molecule has 2 N–H and O–H groups in total. The number of carboxylic acid groups (broad SMARTS) is 1. The van der Waals surface area contributed by atoms with Crippen LogP contribution in [-0.2, 0) is 14.6 Å². The third-order valence-electron chi connectivity index (χ3n) is 2.32. The van der Waals surface area contributed by atoms with E-state index < -0.39 is 26.8 Å². The van der Waals surface area contributed by atoms with Gasteiger partial charge in [-0.15, -0.1) is 0 Å². The first-order chi connectivity index (χ1) is 8.62. The number of nitrogens with zero attached hydrogens (tertiary/aromatic N) is 1. The second-order valence-electron chi connectivity index (χ2n) is 3.91. The van der Waals surface area contributed by atoms with Gasteiger partial charge in [0, 0.05) is 18.4 Å². The first kappa shape index (κ1) is 14.9. The number of nitrogens with one attached hydrogen (secondary N) is 1. The van der Waals surface area contributed by atoms with Crippen LogP contribution in [0.1, 0.15) is 6.92 Å². The molecule has 0 aliphatic rings. The minimum atomic E-state index is -3.72. The highest BCUT2D eigenvalue weighted by atomic mass is 32.2. The van der Waals surface area contributed by atoms with Gasteiger partial charge in [0.2, 0.25) is 0 Å². The van der Waals surface area contributed by atoms with Crippen LogP contribution in [0.25, 0.3) is 0 Å². The molecule has 8 nitrogen and oxygen atoms in total. The molecule has 1 aromatic carbocycles. The van der Waals surface area contributed by atoms with E-state index in [-0.39, 0.29) is 16.3 Å². The van der Waals surface area contributed by atoms with Crippen LogP contribution in [0.4, 0.5) is 11.4 Å². The van der Waals surface area contributed by atoms with Crippen molar-refractivity contribution >= 4 is 27.2 Å². The second kappa shape index (κ2) is 5.22. The molecule has 0 amide bonds. The number of benzene rings is 1. The molecule has 1 atom stereocenters. The highest BCUT2D eigenvalue weighted by Crippen LogP contribution is 2.26. The molecule has 0 aliphatic heterocycles. The zero-order valence-corrected chi connectivity index (χ0v) is 11.0. The van der Waals surface area contributed by atoms with Crippen LogP contribution in [0.2, 0.25) is 0 Å². The van der Waals surface area contributed by atoms with Crippen molar-refractivity contribution in [3.8, 4) is 0 Å². The molecule has 1 aromatic rings. The van der Waals surface area contributed by atoms with Gasteiger partial charge in [-0.25, -0.2) is 8.42 Å². The first-order valence-electron chi connectivity index (χ1n) is 5.10. The summed E-state index contributed by atoms with van der Waals surface area (Å²) in [5.41, 5.74) is -0.364. The van der Waals surface area contributed by atoms with E-state index in [1.165, 1.54) is 13.0 Å². The van der Waals surface area contributed by atoms with Crippen LogP contribution in [0, 0.1) is 10.1 Å². The predicted octanol–water partition coefficient (Wildman–Crippen LogP) is 0.883. The maximum absolute atomic E-state index is 11.6. The normalized spacial score (nSPS) is 12.7. The maximum Gasteiger partial charge on any atom is 0.325 e. The van der Waals surface area contributed by atoms with Crippen molar-refractivity contribution < 1.29 is 23.2 Å². The lowest BCUT2D eigenvalue weighted by molar-refractivity contribution is -0.385. The van der Waals surface area contributed by atoms with Crippen LogP contribution >= 0.6 is 0 Å². The zero-order valence-electron chi connectivity index (χ0n) is 10.2. The highest BCUT2D eigenvalue weighted by Gasteiger charge is 2.21. The van der Waals surface area contributed by atoms with E-state index in [1.54, 1.807) is 0 Å². The lowest BCUT2D eigenvalue weighted by atomic mass is 10.2. The summed E-state index contributed by atoms with van der Waals surface area (Å²) in [4.78, 5) is 20.3. The molecule has 0 aromatic heterocycles. The first-order valence-corrected chi connectivity index (χ1v) is 7.00. The molecule has 19 heavy (non-hydrogen) atoms. The van der Waals surface area contributed by atoms with Crippen molar-refractivity contribution in [3.63, 3.8) is 0 Å². The summed E-state index contributed by atoms with van der Waals surface area (Å²) in [6, 6.07) is 2.15. The van der Waals surface area contributed by atoms with Gasteiger partial charge in [0.05, 0.1) is 15.5 Å². The van der Waals surface area contributed by atoms with Crippen molar-refractivity contribution in [3.05, 3.63) is 28.3 Å². The van der Waals surface area contributed by atoms with E-state index in [0.29, 0.717) is 0 Å². The largest absolute Gasteiger partial charge is 0.480 e. The molecule has 0 heterocycles. The molecular weight excluding hydrogens is 276 g/mol. The number of carboxylic acids is 1. The molecule has 0 aliphatic carbocycles. The monoisotopic (exact) mass is 288 g/mol. The highest BCUT2D eigenvalue weighted by molar-refractivity contribution is 7.90. The Morgan fingerprint density at radius 3 is 2.47 bits per heavy atom. The molecule has 0 radical (unpaired) electrons. The molecular formula is C10H12N2O6S. The van der Waals surface area contributed by atoms with Crippen molar-refractivity contribution in [1.29, 1.82) is 0 Å². The van der Waals surface area contributed by atoms with Crippen LogP contribution in [0.3, 0.4) is 0 Å². The second-order valence-corrected chi connectivity index (χ2v) is 5.90. The van der Waals surface area contributed by atoms with E-state index >= 15 is 0 Å². The lowest BCUT2D eigenvalue weighted by Crippen LogP contribution is -2.26. The third-order valence-corrected chi connectivity index (χ3v) is 3.45. The number of hydrogen-bond acceptors (Lipinski definition) is 6. The Kier molecular flexibility index (Phi) is 4.10. The number of aliphatic carboxylic acids is 1. The summed E-state index contributed by atoms with van der Waals surface area (Å²) in [6.07, 6.45) is 0.892. The van der Waals surface area contributed by atoms with Gasteiger partial charge in [-0.3, -0.25) is 14.9 Å². The van der Waals surface area contributed by atoms with Gasteiger partial charge in [-0.05, 0) is 13.0 Å². The Bertz CT molecular complexity index is 625. The van der Waals surface area contributed by atoms with Crippen LogP contribution in [-0.4, -0.2) is 36.7 Å².